The standard InChI is InChI=1S/C18H21N3O2S/c1-11-6-18(2,3)7-13(14(10-21)17(22)23-4)15(11)16(24-5)12(8-19)9-20/h11,14H,6-7H2,1-5H3. The van der Waals surface area contributed by atoms with Gasteiger partial charge in [0.1, 0.15) is 17.7 Å². The number of carbonyl (C=O) groups excluding carboxylic acids is 1. The van der Waals surface area contributed by atoms with Gasteiger partial charge in [-0.1, -0.05) is 20.8 Å². The smallest absolute Gasteiger partial charge is 0.327 e. The number of nitriles is 3. The molecule has 0 bridgehead atoms. The van der Waals surface area contributed by atoms with E-state index < -0.39 is 11.9 Å². The van der Waals surface area contributed by atoms with Crippen LogP contribution in [0, 0.1) is 51.2 Å². The molecule has 0 saturated carbocycles. The van der Waals surface area contributed by atoms with Crippen molar-refractivity contribution in [2.45, 2.75) is 33.6 Å². The van der Waals surface area contributed by atoms with Gasteiger partial charge in [0.2, 0.25) is 0 Å². The van der Waals surface area contributed by atoms with Gasteiger partial charge < -0.3 is 4.74 Å². The first-order valence-electron chi connectivity index (χ1n) is 7.55. The quantitative estimate of drug-likeness (QED) is 0.570. The zero-order valence-electron chi connectivity index (χ0n) is 14.6. The van der Waals surface area contributed by atoms with Crippen LogP contribution in [0.5, 0.6) is 0 Å². The summed E-state index contributed by atoms with van der Waals surface area (Å²) < 4.78 is 4.79. The maximum absolute atomic E-state index is 12.1. The Labute approximate surface area is 147 Å². The van der Waals surface area contributed by atoms with Crippen molar-refractivity contribution >= 4 is 17.7 Å². The lowest BCUT2D eigenvalue weighted by atomic mass is 9.67. The second-order valence-electron chi connectivity index (χ2n) is 6.60. The van der Waals surface area contributed by atoms with Crippen LogP contribution in [-0.2, 0) is 9.53 Å². The second kappa shape index (κ2) is 8.04. The van der Waals surface area contributed by atoms with Crippen LogP contribution in [0.2, 0.25) is 0 Å². The molecule has 0 heterocycles. The summed E-state index contributed by atoms with van der Waals surface area (Å²) in [7, 11) is 1.26. The topological polar surface area (TPSA) is 97.7 Å². The fourth-order valence-corrected chi connectivity index (χ4v) is 4.27. The zero-order valence-corrected chi connectivity index (χ0v) is 15.5. The van der Waals surface area contributed by atoms with Gasteiger partial charge in [0, 0.05) is 4.91 Å². The summed E-state index contributed by atoms with van der Waals surface area (Å²) in [6, 6.07) is 5.89. The van der Waals surface area contributed by atoms with E-state index in [4.69, 9.17) is 4.74 Å². The SMILES string of the molecule is COC(=O)C(C#N)C1=C(C(SC)=C(C#N)C#N)C(C)CC(C)(C)C1. The van der Waals surface area contributed by atoms with Crippen molar-refractivity contribution < 1.29 is 9.53 Å². The molecule has 1 aliphatic carbocycles. The number of rotatable bonds is 4. The van der Waals surface area contributed by atoms with E-state index in [9.17, 15) is 20.6 Å². The Balaban J connectivity index is 3.76. The van der Waals surface area contributed by atoms with Gasteiger partial charge in [-0.2, -0.15) is 15.8 Å². The second-order valence-corrected chi connectivity index (χ2v) is 7.42. The van der Waals surface area contributed by atoms with Crippen molar-refractivity contribution in [3.8, 4) is 18.2 Å². The monoisotopic (exact) mass is 343 g/mol. The third kappa shape index (κ3) is 3.99. The number of allylic oxidation sites excluding steroid dienone is 2. The summed E-state index contributed by atoms with van der Waals surface area (Å²) in [5.41, 5.74) is 1.38. The highest BCUT2D eigenvalue weighted by atomic mass is 32.2. The molecule has 5 nitrogen and oxygen atoms in total. The van der Waals surface area contributed by atoms with Gasteiger partial charge in [-0.05, 0) is 41.6 Å². The molecular formula is C18H21N3O2S. The summed E-state index contributed by atoms with van der Waals surface area (Å²) >= 11 is 1.30. The summed E-state index contributed by atoms with van der Waals surface area (Å²) in [6.07, 6.45) is 3.19. The van der Waals surface area contributed by atoms with Crippen LogP contribution in [-0.4, -0.2) is 19.3 Å². The predicted octanol–water partition coefficient (Wildman–Crippen LogP) is 3.72. The van der Waals surface area contributed by atoms with E-state index in [-0.39, 0.29) is 16.9 Å². The third-order valence-corrected chi connectivity index (χ3v) is 5.01. The average molecular weight is 343 g/mol. The van der Waals surface area contributed by atoms with E-state index in [1.807, 2.05) is 25.1 Å². The molecule has 126 valence electrons. The maximum Gasteiger partial charge on any atom is 0.327 e. The largest absolute Gasteiger partial charge is 0.468 e. The highest BCUT2D eigenvalue weighted by Gasteiger charge is 2.39. The number of methoxy groups -OCH3 is 1. The van der Waals surface area contributed by atoms with Gasteiger partial charge in [-0.15, -0.1) is 11.8 Å². The van der Waals surface area contributed by atoms with Crippen LogP contribution in [0.1, 0.15) is 33.6 Å². The van der Waals surface area contributed by atoms with Crippen LogP contribution < -0.4 is 0 Å². The van der Waals surface area contributed by atoms with Crippen LogP contribution in [0.25, 0.3) is 0 Å². The Kier molecular flexibility index (Phi) is 6.64. The number of thioether (sulfide) groups is 1. The molecule has 0 aromatic heterocycles. The van der Waals surface area contributed by atoms with Crippen molar-refractivity contribution in [2.75, 3.05) is 13.4 Å². The minimum absolute atomic E-state index is 0.0168. The molecule has 0 spiro atoms. The Morgan fingerprint density at radius 3 is 2.33 bits per heavy atom. The van der Waals surface area contributed by atoms with Crippen LogP contribution in [0.4, 0.5) is 0 Å². The molecule has 0 amide bonds. The van der Waals surface area contributed by atoms with E-state index in [2.05, 4.69) is 13.8 Å². The first-order valence-corrected chi connectivity index (χ1v) is 8.78. The fourth-order valence-electron chi connectivity index (χ4n) is 3.42. The molecule has 0 N–H and O–H groups in total. The van der Waals surface area contributed by atoms with E-state index in [0.717, 1.165) is 12.0 Å². The Morgan fingerprint density at radius 2 is 1.92 bits per heavy atom. The summed E-state index contributed by atoms with van der Waals surface area (Å²) in [5.74, 6) is -1.60. The molecule has 2 atom stereocenters. The van der Waals surface area contributed by atoms with Gasteiger partial charge in [0.05, 0.1) is 13.2 Å². The summed E-state index contributed by atoms with van der Waals surface area (Å²) in [6.45, 7) is 6.18. The normalized spacial score (nSPS) is 20.2. The minimum Gasteiger partial charge on any atom is -0.468 e. The molecule has 0 aliphatic heterocycles. The fraction of sp³-hybridized carbons (Fsp3) is 0.556. The molecule has 0 aromatic carbocycles. The molecule has 1 rings (SSSR count). The average Bonchev–Trinajstić information content (AvgIpc) is 2.53. The molecular weight excluding hydrogens is 322 g/mol. The Morgan fingerprint density at radius 1 is 1.33 bits per heavy atom. The number of hydrogen-bond donors (Lipinski definition) is 0. The summed E-state index contributed by atoms with van der Waals surface area (Å²) in [5, 5.41) is 28.0. The molecule has 0 aromatic rings. The highest BCUT2D eigenvalue weighted by molar-refractivity contribution is 8.02. The van der Waals surface area contributed by atoms with E-state index in [1.165, 1.54) is 18.9 Å². The number of esters is 1. The van der Waals surface area contributed by atoms with E-state index in [1.54, 1.807) is 6.26 Å². The Bertz CT molecular complexity index is 698. The lowest BCUT2D eigenvalue weighted by molar-refractivity contribution is -0.142. The van der Waals surface area contributed by atoms with E-state index in [0.29, 0.717) is 16.9 Å². The van der Waals surface area contributed by atoms with Gasteiger partial charge >= 0.3 is 5.97 Å². The number of nitrogens with zero attached hydrogens (tertiary/aromatic N) is 3. The zero-order chi connectivity index (χ0) is 18.5. The number of ether oxygens (including phenoxy) is 1. The number of hydrogen-bond acceptors (Lipinski definition) is 6. The van der Waals surface area contributed by atoms with Crippen molar-refractivity contribution in [2.24, 2.45) is 17.3 Å². The van der Waals surface area contributed by atoms with Crippen LogP contribution >= 0.6 is 11.8 Å². The van der Waals surface area contributed by atoms with E-state index >= 15 is 0 Å². The van der Waals surface area contributed by atoms with Crippen molar-refractivity contribution in [3.63, 3.8) is 0 Å². The van der Waals surface area contributed by atoms with Gasteiger partial charge in [-0.3, -0.25) is 4.79 Å². The first-order chi connectivity index (χ1) is 11.3. The highest BCUT2D eigenvalue weighted by Crippen LogP contribution is 2.49. The van der Waals surface area contributed by atoms with Gasteiger partial charge in [-0.25, -0.2) is 0 Å². The minimum atomic E-state index is -1.02. The lowest BCUT2D eigenvalue weighted by Crippen LogP contribution is -2.30. The predicted molar refractivity (Wildman–Crippen MR) is 92.1 cm³/mol. The molecule has 0 saturated heterocycles. The molecule has 6 heteroatoms. The van der Waals surface area contributed by atoms with Crippen molar-refractivity contribution in [1.82, 2.24) is 0 Å². The van der Waals surface area contributed by atoms with Crippen LogP contribution in [0.3, 0.4) is 0 Å². The first kappa shape index (κ1) is 19.8. The molecule has 2 unspecified atom stereocenters. The summed E-state index contributed by atoms with van der Waals surface area (Å²) in [4.78, 5) is 12.7. The maximum atomic E-state index is 12.1. The van der Waals surface area contributed by atoms with Crippen LogP contribution in [0.15, 0.2) is 21.6 Å². The Hall–Kier alpha value is -2.23. The third-order valence-electron chi connectivity index (χ3n) is 4.18. The number of carbonyl (C=O) groups is 1. The molecule has 24 heavy (non-hydrogen) atoms. The van der Waals surface area contributed by atoms with Crippen molar-refractivity contribution in [3.05, 3.63) is 21.6 Å². The molecule has 1 aliphatic rings. The van der Waals surface area contributed by atoms with Crippen molar-refractivity contribution in [1.29, 1.82) is 15.8 Å². The van der Waals surface area contributed by atoms with Gasteiger partial charge in [0.25, 0.3) is 0 Å². The lowest BCUT2D eigenvalue weighted by Gasteiger charge is -2.39. The molecule has 0 fully saturated rings. The molecule has 0 radical (unpaired) electrons. The van der Waals surface area contributed by atoms with Gasteiger partial charge in [0.15, 0.2) is 5.92 Å².